The minimum Gasteiger partial charge on any atom is -0.372 e. The van der Waals surface area contributed by atoms with Crippen LogP contribution >= 0.6 is 0 Å². The predicted molar refractivity (Wildman–Crippen MR) is 94.4 cm³/mol. The van der Waals surface area contributed by atoms with E-state index in [9.17, 15) is 18.0 Å². The summed E-state index contributed by atoms with van der Waals surface area (Å²) in [4.78, 5) is 23.6. The maximum Gasteiger partial charge on any atom is 0.422 e. The highest BCUT2D eigenvalue weighted by molar-refractivity contribution is 7.92. The molecule has 0 atom stereocenters. The molecule has 0 saturated carbocycles. The molecule has 0 aliphatic carbocycles. The van der Waals surface area contributed by atoms with E-state index in [1.165, 1.54) is 22.8 Å². The Labute approximate surface area is 143 Å². The van der Waals surface area contributed by atoms with Gasteiger partial charge in [-0.05, 0) is 49.7 Å². The number of hydrogen-bond donors (Lipinski definition) is 1. The fourth-order valence-corrected chi connectivity index (χ4v) is 3.67. The van der Waals surface area contributed by atoms with Gasteiger partial charge in [0.2, 0.25) is 0 Å². The van der Waals surface area contributed by atoms with Crippen LogP contribution in [0.3, 0.4) is 0 Å². The molecule has 0 bridgehead atoms. The molecule has 3 aromatic rings. The van der Waals surface area contributed by atoms with Crippen LogP contribution in [0.2, 0.25) is 0 Å². The molecule has 25 heavy (non-hydrogen) atoms. The largest absolute Gasteiger partial charge is 0.422 e. The van der Waals surface area contributed by atoms with Crippen LogP contribution in [0.1, 0.15) is 12.5 Å². The lowest BCUT2D eigenvalue weighted by atomic mass is 10.2. The lowest BCUT2D eigenvalue weighted by molar-refractivity contribution is 0.421. The first-order valence-electron chi connectivity index (χ1n) is 7.59. The van der Waals surface area contributed by atoms with Crippen LogP contribution in [-0.2, 0) is 16.6 Å². The Morgan fingerprint density at radius 2 is 1.88 bits per heavy atom. The maximum atomic E-state index is 12.6. The van der Waals surface area contributed by atoms with Crippen LogP contribution in [0.4, 0.5) is 5.69 Å². The lowest BCUT2D eigenvalue weighted by Crippen LogP contribution is -2.24. The molecule has 1 aromatic heterocycles. The van der Waals surface area contributed by atoms with Crippen molar-refractivity contribution in [1.29, 1.82) is 0 Å². The van der Waals surface area contributed by atoms with E-state index in [4.69, 9.17) is 0 Å². The zero-order valence-corrected chi connectivity index (χ0v) is 14.5. The first-order valence-corrected chi connectivity index (χ1v) is 9.07. The van der Waals surface area contributed by atoms with Gasteiger partial charge >= 0.3 is 11.4 Å². The van der Waals surface area contributed by atoms with Crippen molar-refractivity contribution < 1.29 is 12.8 Å². The van der Waals surface area contributed by atoms with Crippen LogP contribution in [0.25, 0.3) is 10.9 Å². The highest BCUT2D eigenvalue weighted by Gasteiger charge is 2.17. The van der Waals surface area contributed by atoms with Gasteiger partial charge in [0, 0.05) is 12.2 Å². The van der Waals surface area contributed by atoms with Crippen LogP contribution in [0.15, 0.2) is 61.4 Å². The van der Waals surface area contributed by atoms with Crippen molar-refractivity contribution in [2.45, 2.75) is 25.3 Å². The summed E-state index contributed by atoms with van der Waals surface area (Å²) in [5.41, 5.74) is 0.799. The summed E-state index contributed by atoms with van der Waals surface area (Å²) in [6, 6.07) is 10.9. The van der Waals surface area contributed by atoms with E-state index in [0.29, 0.717) is 17.7 Å². The van der Waals surface area contributed by atoms with Gasteiger partial charge in [0.05, 0.1) is 15.8 Å². The molecule has 0 radical (unpaired) electrons. The first kappa shape index (κ1) is 17.0. The second-order valence-electron chi connectivity index (χ2n) is 5.55. The molecule has 2 aromatic carbocycles. The van der Waals surface area contributed by atoms with Crippen molar-refractivity contribution in [3.63, 3.8) is 0 Å². The monoisotopic (exact) mass is 360 g/mol. The van der Waals surface area contributed by atoms with Gasteiger partial charge < -0.3 is 4.42 Å². The Morgan fingerprint density at radius 3 is 2.56 bits per heavy atom. The Bertz CT molecular complexity index is 1180. The van der Waals surface area contributed by atoms with Crippen LogP contribution in [0.5, 0.6) is 0 Å². The van der Waals surface area contributed by atoms with Crippen molar-refractivity contribution in [2.75, 3.05) is 4.72 Å². The molecule has 0 unspecified atom stereocenters. The van der Waals surface area contributed by atoms with Crippen molar-refractivity contribution in [3.05, 3.63) is 69.0 Å². The van der Waals surface area contributed by atoms with E-state index < -0.39 is 21.4 Å². The van der Waals surface area contributed by atoms with Gasteiger partial charge in [-0.25, -0.2) is 18.0 Å². The second-order valence-corrected chi connectivity index (χ2v) is 7.24. The number of anilines is 1. The van der Waals surface area contributed by atoms with Gasteiger partial charge in [0.15, 0.2) is 0 Å². The van der Waals surface area contributed by atoms with E-state index in [2.05, 4.69) is 9.14 Å². The van der Waals surface area contributed by atoms with Crippen LogP contribution in [-0.4, -0.2) is 13.0 Å². The summed E-state index contributed by atoms with van der Waals surface area (Å²) in [5, 5.41) is 0.0357. The number of nitrogens with one attached hydrogen (secondary N) is 1. The van der Waals surface area contributed by atoms with E-state index >= 15 is 0 Å². The minimum atomic E-state index is -3.89. The molecule has 8 heteroatoms. The number of aromatic nitrogens is 1. The number of rotatable bonds is 4. The zero-order valence-electron chi connectivity index (χ0n) is 13.6. The highest BCUT2D eigenvalue weighted by Crippen LogP contribution is 2.20. The van der Waals surface area contributed by atoms with Crippen LogP contribution < -0.4 is 16.1 Å². The number of hydrogen-bond acceptors (Lipinski definition) is 5. The molecule has 0 aliphatic rings. The minimum absolute atomic E-state index is 0.0357. The third kappa shape index (κ3) is 3.20. The topological polar surface area (TPSA) is 98.4 Å². The van der Waals surface area contributed by atoms with Crippen molar-refractivity contribution >= 4 is 26.6 Å². The molecule has 130 valence electrons. The number of sulfonamides is 1. The average Bonchev–Trinajstić information content (AvgIpc) is 2.54. The summed E-state index contributed by atoms with van der Waals surface area (Å²) in [5.74, 6) is -0.770. The Hall–Kier alpha value is -2.87. The van der Waals surface area contributed by atoms with E-state index in [1.807, 2.05) is 13.0 Å². The number of aryl methyl sites for hydroxylation is 2. The molecule has 0 aliphatic heterocycles. The van der Waals surface area contributed by atoms with E-state index in [-0.39, 0.29) is 10.3 Å². The van der Waals surface area contributed by atoms with Gasteiger partial charge in [0.1, 0.15) is 0 Å². The molecule has 1 N–H and O–H groups in total. The van der Waals surface area contributed by atoms with Crippen molar-refractivity contribution in [3.8, 4) is 0 Å². The quantitative estimate of drug-likeness (QED) is 0.768. The fraction of sp³-hybridized carbons (Fsp3) is 0.176. The van der Waals surface area contributed by atoms with Crippen LogP contribution in [0, 0.1) is 6.92 Å². The standard InChI is InChI=1S/C17H16N2O5S/c1-3-19-15-8-7-13(10-14(15)16(20)24-17(19)21)25(22,23)18-12-6-4-5-11(2)9-12/h4-10,18H,3H2,1-2H3. The number of nitrogens with zero attached hydrogens (tertiary/aromatic N) is 1. The molecule has 0 saturated heterocycles. The summed E-state index contributed by atoms with van der Waals surface area (Å²) < 4.78 is 33.5. The maximum absolute atomic E-state index is 12.6. The van der Waals surface area contributed by atoms with Gasteiger partial charge in [-0.2, -0.15) is 0 Å². The zero-order chi connectivity index (χ0) is 18.2. The third-order valence-electron chi connectivity index (χ3n) is 3.78. The lowest BCUT2D eigenvalue weighted by Gasteiger charge is -2.10. The third-order valence-corrected chi connectivity index (χ3v) is 5.15. The number of benzene rings is 2. The molecule has 0 fully saturated rings. The Morgan fingerprint density at radius 1 is 1.12 bits per heavy atom. The molecule has 1 heterocycles. The predicted octanol–water partition coefficient (Wildman–Crippen LogP) is 2.08. The SMILES string of the molecule is CCn1c(=O)oc(=O)c2cc(S(=O)(=O)Nc3cccc(C)c3)ccc21. The summed E-state index contributed by atoms with van der Waals surface area (Å²) in [6.07, 6.45) is 0. The van der Waals surface area contributed by atoms with Gasteiger partial charge in [-0.3, -0.25) is 9.29 Å². The van der Waals surface area contributed by atoms with E-state index in [0.717, 1.165) is 5.56 Å². The smallest absolute Gasteiger partial charge is 0.372 e. The summed E-state index contributed by atoms with van der Waals surface area (Å²) in [6.45, 7) is 3.88. The molecule has 0 amide bonds. The molecular formula is C17H16N2O5S. The average molecular weight is 360 g/mol. The van der Waals surface area contributed by atoms with Gasteiger partial charge in [0.25, 0.3) is 10.0 Å². The normalized spacial score (nSPS) is 11.6. The Kier molecular flexibility index (Phi) is 4.22. The first-order chi connectivity index (χ1) is 11.8. The van der Waals surface area contributed by atoms with Gasteiger partial charge in [-0.15, -0.1) is 0 Å². The second kappa shape index (κ2) is 6.21. The summed E-state index contributed by atoms with van der Waals surface area (Å²) in [7, 11) is -3.89. The molecule has 3 rings (SSSR count). The van der Waals surface area contributed by atoms with E-state index in [1.54, 1.807) is 25.1 Å². The Balaban J connectivity index is 2.13. The fourth-order valence-electron chi connectivity index (χ4n) is 2.59. The van der Waals surface area contributed by atoms with Crippen molar-refractivity contribution in [2.24, 2.45) is 0 Å². The molecule has 0 spiro atoms. The molecule has 7 nitrogen and oxygen atoms in total. The van der Waals surface area contributed by atoms with Crippen molar-refractivity contribution in [1.82, 2.24) is 4.57 Å². The summed E-state index contributed by atoms with van der Waals surface area (Å²) >= 11 is 0. The highest BCUT2D eigenvalue weighted by atomic mass is 32.2. The molecular weight excluding hydrogens is 344 g/mol. The number of fused-ring (bicyclic) bond motifs is 1. The van der Waals surface area contributed by atoms with Gasteiger partial charge in [-0.1, -0.05) is 12.1 Å².